The van der Waals surface area contributed by atoms with Crippen molar-refractivity contribution in [3.05, 3.63) is 35.5 Å². The van der Waals surface area contributed by atoms with Crippen LogP contribution in [0.15, 0.2) is 24.3 Å². The molecule has 0 saturated carbocycles. The van der Waals surface area contributed by atoms with E-state index in [1.54, 1.807) is 14.2 Å². The number of Topliss-reactive ketones (excluding diaryl/α,β-unsaturated/α-hetero) is 1. The summed E-state index contributed by atoms with van der Waals surface area (Å²) in [6, 6.07) is 7.60. The second kappa shape index (κ2) is 8.08. The summed E-state index contributed by atoms with van der Waals surface area (Å²) in [4.78, 5) is 27.1. The Kier molecular flexibility index (Phi) is 6.11. The smallest absolute Gasteiger partial charge is 0.295 e. The van der Waals surface area contributed by atoms with Gasteiger partial charge in [0, 0.05) is 51.0 Å². The van der Waals surface area contributed by atoms with Gasteiger partial charge in [-0.3, -0.25) is 9.59 Å². The number of fused-ring (bicyclic) bond motifs is 1. The zero-order chi connectivity index (χ0) is 17.7. The number of aryl methyl sites for hydroxylation is 1. The van der Waals surface area contributed by atoms with Gasteiger partial charge in [-0.15, -0.1) is 0 Å². The number of rotatable bonds is 8. The van der Waals surface area contributed by atoms with Crippen molar-refractivity contribution < 1.29 is 19.1 Å². The number of nitrogens with zero attached hydrogens (tertiary/aromatic N) is 2. The van der Waals surface area contributed by atoms with Crippen LogP contribution in [0, 0.1) is 6.92 Å². The number of ether oxygens (including phenoxy) is 2. The van der Waals surface area contributed by atoms with Crippen molar-refractivity contribution in [1.82, 2.24) is 9.47 Å². The van der Waals surface area contributed by atoms with Crippen LogP contribution in [-0.4, -0.2) is 61.7 Å². The molecule has 130 valence electrons. The Hall–Kier alpha value is -2.18. The molecule has 0 spiro atoms. The van der Waals surface area contributed by atoms with E-state index >= 15 is 0 Å². The number of benzene rings is 1. The van der Waals surface area contributed by atoms with Gasteiger partial charge in [0.1, 0.15) is 0 Å². The van der Waals surface area contributed by atoms with E-state index in [9.17, 15) is 9.59 Å². The maximum Gasteiger partial charge on any atom is 0.295 e. The van der Waals surface area contributed by atoms with Gasteiger partial charge in [-0.05, 0) is 13.0 Å². The Morgan fingerprint density at radius 1 is 1.08 bits per heavy atom. The van der Waals surface area contributed by atoms with Crippen molar-refractivity contribution in [2.45, 2.75) is 6.92 Å². The summed E-state index contributed by atoms with van der Waals surface area (Å²) in [6.07, 6.45) is 0. The Bertz CT molecular complexity index is 728. The molecule has 2 rings (SSSR count). The SMILES string of the molecule is COCCN(CCOC)C(=O)C(=O)c1c(C)n(C)c2ccccc12. The fourth-order valence-electron chi connectivity index (χ4n) is 2.78. The zero-order valence-electron chi connectivity index (χ0n) is 14.7. The van der Waals surface area contributed by atoms with E-state index in [0.717, 1.165) is 16.6 Å². The summed E-state index contributed by atoms with van der Waals surface area (Å²) in [7, 11) is 5.03. The highest BCUT2D eigenvalue weighted by atomic mass is 16.5. The van der Waals surface area contributed by atoms with E-state index < -0.39 is 11.7 Å². The number of aromatic nitrogens is 1. The number of carbonyl (C=O) groups is 2. The van der Waals surface area contributed by atoms with Crippen molar-refractivity contribution in [2.75, 3.05) is 40.5 Å². The summed E-state index contributed by atoms with van der Waals surface area (Å²) in [5, 5.41) is 0.800. The molecular weight excluding hydrogens is 308 g/mol. The number of carbonyl (C=O) groups excluding carboxylic acids is 2. The molecule has 6 nitrogen and oxygen atoms in total. The molecule has 1 heterocycles. The van der Waals surface area contributed by atoms with Crippen molar-refractivity contribution in [3.8, 4) is 0 Å². The van der Waals surface area contributed by atoms with Gasteiger partial charge in [-0.25, -0.2) is 0 Å². The third-order valence-corrected chi connectivity index (χ3v) is 4.24. The maximum absolute atomic E-state index is 12.9. The van der Waals surface area contributed by atoms with Gasteiger partial charge in [0.15, 0.2) is 0 Å². The lowest BCUT2D eigenvalue weighted by Crippen LogP contribution is -2.40. The van der Waals surface area contributed by atoms with E-state index in [2.05, 4.69) is 0 Å². The lowest BCUT2D eigenvalue weighted by molar-refractivity contribution is -0.127. The fraction of sp³-hybridized carbons (Fsp3) is 0.444. The molecular formula is C18H24N2O4. The molecule has 0 N–H and O–H groups in total. The first-order valence-electron chi connectivity index (χ1n) is 7.88. The van der Waals surface area contributed by atoms with Gasteiger partial charge in [-0.1, -0.05) is 18.2 Å². The van der Waals surface area contributed by atoms with Crippen LogP contribution in [0.3, 0.4) is 0 Å². The van der Waals surface area contributed by atoms with Crippen LogP contribution < -0.4 is 0 Å². The topological polar surface area (TPSA) is 60.8 Å². The molecule has 0 radical (unpaired) electrons. The average molecular weight is 332 g/mol. The first-order chi connectivity index (χ1) is 11.5. The molecule has 1 aromatic heterocycles. The standard InChI is InChI=1S/C18H24N2O4/c1-13-16(14-7-5-6-8-15(14)19(13)2)17(21)18(22)20(9-11-23-3)10-12-24-4/h5-8H,9-12H2,1-4H3. The normalized spacial score (nSPS) is 11.0. The van der Waals surface area contributed by atoms with E-state index in [-0.39, 0.29) is 0 Å². The molecule has 1 aromatic carbocycles. The minimum absolute atomic E-state index is 0.355. The highest BCUT2D eigenvalue weighted by Gasteiger charge is 2.27. The third-order valence-electron chi connectivity index (χ3n) is 4.24. The van der Waals surface area contributed by atoms with Gasteiger partial charge >= 0.3 is 0 Å². The van der Waals surface area contributed by atoms with Crippen LogP contribution in [0.5, 0.6) is 0 Å². The van der Waals surface area contributed by atoms with Crippen LogP contribution in [0.1, 0.15) is 16.1 Å². The molecule has 2 aromatic rings. The van der Waals surface area contributed by atoms with Gasteiger partial charge in [0.25, 0.3) is 11.7 Å². The fourth-order valence-corrected chi connectivity index (χ4v) is 2.78. The minimum Gasteiger partial charge on any atom is -0.383 e. The predicted molar refractivity (Wildman–Crippen MR) is 92.3 cm³/mol. The summed E-state index contributed by atoms with van der Waals surface area (Å²) in [6.45, 7) is 3.31. The molecule has 0 atom stereocenters. The molecule has 6 heteroatoms. The summed E-state index contributed by atoms with van der Waals surface area (Å²) < 4.78 is 12.0. The number of hydrogen-bond acceptors (Lipinski definition) is 4. The Morgan fingerprint density at radius 3 is 2.25 bits per heavy atom. The van der Waals surface area contributed by atoms with Crippen molar-refractivity contribution >= 4 is 22.6 Å². The van der Waals surface area contributed by atoms with Crippen LogP contribution in [0.4, 0.5) is 0 Å². The van der Waals surface area contributed by atoms with Gasteiger partial charge in [0.2, 0.25) is 0 Å². The Labute approximate surface area is 141 Å². The van der Waals surface area contributed by atoms with Crippen LogP contribution >= 0.6 is 0 Å². The van der Waals surface area contributed by atoms with Crippen molar-refractivity contribution in [3.63, 3.8) is 0 Å². The summed E-state index contributed by atoms with van der Waals surface area (Å²) in [5.41, 5.74) is 2.19. The minimum atomic E-state index is -0.524. The molecule has 0 fully saturated rings. The summed E-state index contributed by atoms with van der Waals surface area (Å²) >= 11 is 0. The van der Waals surface area contributed by atoms with Crippen LogP contribution in [0.25, 0.3) is 10.9 Å². The average Bonchev–Trinajstić information content (AvgIpc) is 2.85. The number of amides is 1. The molecule has 24 heavy (non-hydrogen) atoms. The first-order valence-corrected chi connectivity index (χ1v) is 7.88. The van der Waals surface area contributed by atoms with E-state index in [4.69, 9.17) is 9.47 Å². The van der Waals surface area contributed by atoms with Gasteiger partial charge in [0.05, 0.1) is 18.8 Å². The molecule has 0 aliphatic carbocycles. The largest absolute Gasteiger partial charge is 0.383 e. The van der Waals surface area contributed by atoms with Crippen LogP contribution in [-0.2, 0) is 21.3 Å². The molecule has 1 amide bonds. The molecule has 0 saturated heterocycles. The van der Waals surface area contributed by atoms with E-state index in [1.165, 1.54) is 4.90 Å². The second-order valence-electron chi connectivity index (χ2n) is 5.64. The monoisotopic (exact) mass is 332 g/mol. The third kappa shape index (κ3) is 3.49. The zero-order valence-corrected chi connectivity index (χ0v) is 14.7. The van der Waals surface area contributed by atoms with Crippen molar-refractivity contribution in [1.29, 1.82) is 0 Å². The second-order valence-corrected chi connectivity index (χ2v) is 5.64. The number of para-hydroxylation sites is 1. The summed E-state index contributed by atoms with van der Waals surface area (Å²) in [5.74, 6) is -1.01. The van der Waals surface area contributed by atoms with E-state index in [1.807, 2.05) is 42.8 Å². The maximum atomic E-state index is 12.9. The highest BCUT2D eigenvalue weighted by molar-refractivity contribution is 6.45. The Balaban J connectivity index is 2.35. The Morgan fingerprint density at radius 2 is 1.67 bits per heavy atom. The first kappa shape index (κ1) is 18.2. The lowest BCUT2D eigenvalue weighted by atomic mass is 10.1. The van der Waals surface area contributed by atoms with E-state index in [0.29, 0.717) is 31.9 Å². The molecule has 0 aliphatic rings. The number of hydrogen-bond donors (Lipinski definition) is 0. The lowest BCUT2D eigenvalue weighted by Gasteiger charge is -2.21. The highest BCUT2D eigenvalue weighted by Crippen LogP contribution is 2.25. The molecule has 0 aliphatic heterocycles. The number of methoxy groups -OCH3 is 2. The van der Waals surface area contributed by atoms with Crippen molar-refractivity contribution in [2.24, 2.45) is 7.05 Å². The van der Waals surface area contributed by atoms with Gasteiger partial charge in [-0.2, -0.15) is 0 Å². The van der Waals surface area contributed by atoms with Crippen LogP contribution in [0.2, 0.25) is 0 Å². The molecule has 0 bridgehead atoms. The number of ketones is 1. The molecule has 0 unspecified atom stereocenters. The predicted octanol–water partition coefficient (Wildman–Crippen LogP) is 1.79. The quantitative estimate of drug-likeness (QED) is 0.546. The van der Waals surface area contributed by atoms with Gasteiger partial charge < -0.3 is 18.9 Å².